The largest absolute Gasteiger partial charge is 1.00 e. The minimum absolute atomic E-state index is 0. The van der Waals surface area contributed by atoms with E-state index in [9.17, 15) is 4.79 Å². The summed E-state index contributed by atoms with van der Waals surface area (Å²) in [5.74, 6) is 0.365. The number of imidazole rings is 1. The second kappa shape index (κ2) is 5.53. The number of carbonyl (C=O) groups excluding carboxylic acids is 1. The molecule has 2 heterocycles. The van der Waals surface area contributed by atoms with Gasteiger partial charge in [0, 0.05) is 5.41 Å². The molecule has 0 saturated carbocycles. The molecule has 17 heavy (non-hydrogen) atoms. The van der Waals surface area contributed by atoms with E-state index in [4.69, 9.17) is 0 Å². The molecule has 0 bridgehead atoms. The minimum Gasteiger partial charge on any atom is -1.00 e. The van der Waals surface area contributed by atoms with Gasteiger partial charge < -0.3 is 11.7 Å². The molecular formula is C10H14KN5O. The standard InChI is InChI=1S/C10H13N5O.K.H/c1-10(2,3)9(16)15-8-6-7(12-4-11-6)13-5-14-8;;/h4-5H,1-3H3,(H2,11,12,13,14,15,16);;/q;+1;-1. The van der Waals surface area contributed by atoms with Gasteiger partial charge in [-0.2, -0.15) is 0 Å². The van der Waals surface area contributed by atoms with E-state index in [0.29, 0.717) is 17.0 Å². The third kappa shape index (κ3) is 3.32. The summed E-state index contributed by atoms with van der Waals surface area (Å²) in [7, 11) is 0. The predicted molar refractivity (Wildman–Crippen MR) is 60.9 cm³/mol. The Morgan fingerprint density at radius 3 is 2.71 bits per heavy atom. The normalized spacial score (nSPS) is 11.0. The molecule has 86 valence electrons. The van der Waals surface area contributed by atoms with Crippen LogP contribution in [-0.4, -0.2) is 25.8 Å². The van der Waals surface area contributed by atoms with E-state index >= 15 is 0 Å². The van der Waals surface area contributed by atoms with Gasteiger partial charge in [0.15, 0.2) is 11.5 Å². The summed E-state index contributed by atoms with van der Waals surface area (Å²) in [5, 5.41) is 2.75. The predicted octanol–water partition coefficient (Wildman–Crippen LogP) is -1.55. The van der Waals surface area contributed by atoms with Gasteiger partial charge >= 0.3 is 51.4 Å². The van der Waals surface area contributed by atoms with E-state index < -0.39 is 5.41 Å². The van der Waals surface area contributed by atoms with E-state index in [1.807, 2.05) is 20.8 Å². The zero-order valence-electron chi connectivity index (χ0n) is 11.4. The zero-order valence-corrected chi connectivity index (χ0v) is 13.5. The molecule has 0 spiro atoms. The number of nitrogens with one attached hydrogen (secondary N) is 2. The van der Waals surface area contributed by atoms with Crippen LogP contribution < -0.4 is 56.7 Å². The first-order valence-corrected chi connectivity index (χ1v) is 4.94. The Labute approximate surface area is 143 Å². The first-order valence-electron chi connectivity index (χ1n) is 4.94. The smallest absolute Gasteiger partial charge is 1.00 e. The number of fused-ring (bicyclic) bond motifs is 1. The van der Waals surface area contributed by atoms with Crippen molar-refractivity contribution in [1.82, 2.24) is 19.9 Å². The van der Waals surface area contributed by atoms with Crippen LogP contribution in [-0.2, 0) is 4.79 Å². The van der Waals surface area contributed by atoms with Crippen molar-refractivity contribution in [3.63, 3.8) is 0 Å². The van der Waals surface area contributed by atoms with E-state index in [0.717, 1.165) is 0 Å². The molecule has 2 aromatic rings. The summed E-state index contributed by atoms with van der Waals surface area (Å²) in [4.78, 5) is 26.7. The van der Waals surface area contributed by atoms with Crippen molar-refractivity contribution in [2.24, 2.45) is 5.41 Å². The van der Waals surface area contributed by atoms with Crippen LogP contribution in [0.5, 0.6) is 0 Å². The Morgan fingerprint density at radius 1 is 1.35 bits per heavy atom. The maximum absolute atomic E-state index is 11.8. The second-order valence-corrected chi connectivity index (χ2v) is 4.53. The van der Waals surface area contributed by atoms with Gasteiger partial charge in [0.2, 0.25) is 5.91 Å². The maximum Gasteiger partial charge on any atom is 1.00 e. The molecule has 2 aromatic heterocycles. The van der Waals surface area contributed by atoms with Crippen molar-refractivity contribution in [3.05, 3.63) is 12.7 Å². The van der Waals surface area contributed by atoms with Crippen molar-refractivity contribution in [3.8, 4) is 0 Å². The first-order chi connectivity index (χ1) is 7.48. The zero-order chi connectivity index (χ0) is 11.8. The van der Waals surface area contributed by atoms with E-state index in [-0.39, 0.29) is 58.7 Å². The number of nitrogens with zero attached hydrogens (tertiary/aromatic N) is 3. The van der Waals surface area contributed by atoms with Crippen LogP contribution in [0.4, 0.5) is 5.82 Å². The van der Waals surface area contributed by atoms with Crippen molar-refractivity contribution in [2.45, 2.75) is 20.8 Å². The van der Waals surface area contributed by atoms with Gasteiger partial charge in [-0.05, 0) is 0 Å². The molecule has 7 heteroatoms. The number of amides is 1. The molecule has 0 saturated heterocycles. The van der Waals surface area contributed by atoms with Crippen LogP contribution in [0, 0.1) is 5.41 Å². The van der Waals surface area contributed by atoms with Crippen LogP contribution in [0.1, 0.15) is 22.2 Å². The fourth-order valence-corrected chi connectivity index (χ4v) is 1.15. The van der Waals surface area contributed by atoms with Crippen molar-refractivity contribution in [2.75, 3.05) is 5.32 Å². The Balaban J connectivity index is 0.00000144. The Morgan fingerprint density at radius 2 is 2.06 bits per heavy atom. The van der Waals surface area contributed by atoms with Crippen molar-refractivity contribution in [1.29, 1.82) is 0 Å². The molecule has 0 aliphatic rings. The van der Waals surface area contributed by atoms with Crippen LogP contribution in [0.15, 0.2) is 12.7 Å². The monoisotopic (exact) mass is 259 g/mol. The number of carbonyl (C=O) groups is 1. The quantitative estimate of drug-likeness (QED) is 0.608. The van der Waals surface area contributed by atoms with Gasteiger partial charge in [-0.1, -0.05) is 20.8 Å². The Hall–Kier alpha value is -0.344. The van der Waals surface area contributed by atoms with E-state index in [1.54, 1.807) is 0 Å². The minimum atomic E-state index is -0.461. The number of aromatic amines is 1. The van der Waals surface area contributed by atoms with Crippen LogP contribution in [0.2, 0.25) is 0 Å². The third-order valence-corrected chi connectivity index (χ3v) is 2.14. The first kappa shape index (κ1) is 14.7. The average Bonchev–Trinajstić information content (AvgIpc) is 2.65. The summed E-state index contributed by atoms with van der Waals surface area (Å²) in [6.07, 6.45) is 2.90. The summed E-state index contributed by atoms with van der Waals surface area (Å²) < 4.78 is 0. The molecule has 0 aliphatic carbocycles. The van der Waals surface area contributed by atoms with Gasteiger partial charge in [-0.15, -0.1) is 0 Å². The molecule has 0 atom stereocenters. The number of H-pyrrole nitrogens is 1. The van der Waals surface area contributed by atoms with Crippen LogP contribution >= 0.6 is 0 Å². The number of aromatic nitrogens is 4. The SMILES string of the molecule is CC(C)(C)C(=O)Nc1ncnc2nc[nH]c12.[H-].[K+]. The molecule has 0 radical (unpaired) electrons. The van der Waals surface area contributed by atoms with Gasteiger partial charge in [-0.3, -0.25) is 4.79 Å². The third-order valence-electron chi connectivity index (χ3n) is 2.14. The van der Waals surface area contributed by atoms with E-state index in [1.165, 1.54) is 12.7 Å². The summed E-state index contributed by atoms with van der Waals surface area (Å²) in [5.41, 5.74) is 0.719. The van der Waals surface area contributed by atoms with Crippen LogP contribution in [0.25, 0.3) is 11.2 Å². The molecule has 0 aliphatic heterocycles. The topological polar surface area (TPSA) is 83.6 Å². The summed E-state index contributed by atoms with van der Waals surface area (Å²) in [6.45, 7) is 5.52. The molecule has 0 aromatic carbocycles. The van der Waals surface area contributed by atoms with Gasteiger partial charge in [0.25, 0.3) is 0 Å². The molecular weight excluding hydrogens is 245 g/mol. The Kier molecular flexibility index (Phi) is 4.79. The van der Waals surface area contributed by atoms with Gasteiger partial charge in [-0.25, -0.2) is 15.0 Å². The molecule has 2 N–H and O–H groups in total. The van der Waals surface area contributed by atoms with E-state index in [2.05, 4.69) is 25.3 Å². The fraction of sp³-hybridized carbons (Fsp3) is 0.400. The molecule has 6 nitrogen and oxygen atoms in total. The molecule has 0 unspecified atom stereocenters. The molecule has 1 amide bonds. The summed E-state index contributed by atoms with van der Waals surface area (Å²) in [6, 6.07) is 0. The number of anilines is 1. The van der Waals surface area contributed by atoms with Gasteiger partial charge in [0.05, 0.1) is 6.33 Å². The number of hydrogen-bond acceptors (Lipinski definition) is 4. The number of rotatable bonds is 1. The number of hydrogen-bond donors (Lipinski definition) is 2. The second-order valence-electron chi connectivity index (χ2n) is 4.53. The van der Waals surface area contributed by atoms with Gasteiger partial charge in [0.1, 0.15) is 11.8 Å². The average molecular weight is 259 g/mol. The van der Waals surface area contributed by atoms with Crippen molar-refractivity contribution < 1.29 is 57.6 Å². The fourth-order valence-electron chi connectivity index (χ4n) is 1.15. The Bertz CT molecular complexity index is 536. The molecule has 2 rings (SSSR count). The van der Waals surface area contributed by atoms with Crippen molar-refractivity contribution >= 4 is 22.9 Å². The summed E-state index contributed by atoms with van der Waals surface area (Å²) >= 11 is 0. The maximum atomic E-state index is 11.8. The molecule has 0 fully saturated rings. The van der Waals surface area contributed by atoms with Crippen LogP contribution in [0.3, 0.4) is 0 Å².